The molecular weight excluding hydrogens is 92.1 g/mol. The number of hydrogen-bond donors (Lipinski definition) is 0. The Kier molecular flexibility index (Phi) is 1.20. The molecule has 0 aromatic rings. The van der Waals surface area contributed by atoms with Crippen LogP contribution in [0.4, 0.5) is 0 Å². The van der Waals surface area contributed by atoms with Crippen LogP contribution >= 0.6 is 11.8 Å². The Hall–Kier alpha value is 0.0900. The van der Waals surface area contributed by atoms with Crippen LogP contribution in [-0.2, 0) is 0 Å². The first kappa shape index (κ1) is 4.25. The monoisotopic (exact) mass is 99.0 g/mol. The third-order valence-electron chi connectivity index (χ3n) is 0.948. The van der Waals surface area contributed by atoms with Gasteiger partial charge in [-0.1, -0.05) is 6.08 Å². The van der Waals surface area contributed by atoms with Gasteiger partial charge in [0.25, 0.3) is 0 Å². The number of allylic oxidation sites excluding steroid dienone is 2. The molecule has 0 spiro atoms. The molecule has 1 heteroatoms. The molecular formula is C5H7S. The fourth-order valence-electron chi connectivity index (χ4n) is 0.393. The molecule has 0 aromatic heterocycles. The van der Waals surface area contributed by atoms with Gasteiger partial charge in [-0.05, 0) is 17.7 Å². The van der Waals surface area contributed by atoms with E-state index in [1.807, 2.05) is 0 Å². The van der Waals surface area contributed by atoms with Crippen LogP contribution in [0.5, 0.6) is 0 Å². The van der Waals surface area contributed by atoms with Crippen LogP contribution in [0.2, 0.25) is 0 Å². The second-order valence-corrected chi connectivity index (χ2v) is 2.17. The molecule has 0 atom stereocenters. The molecule has 0 heterocycles. The molecule has 0 amide bonds. The third kappa shape index (κ3) is 0.597. The van der Waals surface area contributed by atoms with Crippen molar-refractivity contribution in [2.45, 2.75) is 12.8 Å². The standard InChI is InChI=1S/C5H7S/c1-6-5-3-2-4-5/h3H,1-2,4H2. The summed E-state index contributed by atoms with van der Waals surface area (Å²) in [6, 6.07) is 0. The van der Waals surface area contributed by atoms with Gasteiger partial charge in [0, 0.05) is 6.26 Å². The van der Waals surface area contributed by atoms with Gasteiger partial charge in [-0.25, -0.2) is 0 Å². The van der Waals surface area contributed by atoms with Crippen molar-refractivity contribution < 1.29 is 0 Å². The second kappa shape index (κ2) is 1.69. The molecule has 1 rings (SSSR count). The molecule has 0 N–H and O–H groups in total. The first-order valence-corrected chi connectivity index (χ1v) is 3.03. The highest BCUT2D eigenvalue weighted by molar-refractivity contribution is 8.04. The normalized spacial score (nSPS) is 19.2. The lowest BCUT2D eigenvalue weighted by Crippen LogP contribution is -1.84. The van der Waals surface area contributed by atoms with E-state index < -0.39 is 0 Å². The van der Waals surface area contributed by atoms with Gasteiger partial charge in [0.1, 0.15) is 0 Å². The molecule has 1 aliphatic carbocycles. The van der Waals surface area contributed by atoms with Crippen molar-refractivity contribution >= 4 is 11.8 Å². The summed E-state index contributed by atoms with van der Waals surface area (Å²) < 4.78 is 0. The van der Waals surface area contributed by atoms with Crippen LogP contribution in [-0.4, -0.2) is 0 Å². The maximum Gasteiger partial charge on any atom is 0.00711 e. The number of hydrogen-bond acceptors (Lipinski definition) is 1. The lowest BCUT2D eigenvalue weighted by atomic mass is 10.1. The van der Waals surface area contributed by atoms with E-state index in [4.69, 9.17) is 0 Å². The van der Waals surface area contributed by atoms with Crippen molar-refractivity contribution in [3.8, 4) is 0 Å². The zero-order chi connectivity index (χ0) is 4.41. The fraction of sp³-hybridized carbons (Fsp3) is 0.400. The molecule has 33 valence electrons. The highest BCUT2D eigenvalue weighted by Crippen LogP contribution is 2.27. The van der Waals surface area contributed by atoms with Crippen molar-refractivity contribution in [1.82, 2.24) is 0 Å². The van der Waals surface area contributed by atoms with E-state index in [0.717, 1.165) is 0 Å². The molecule has 0 unspecified atom stereocenters. The van der Waals surface area contributed by atoms with Crippen LogP contribution in [0.15, 0.2) is 11.0 Å². The molecule has 0 saturated heterocycles. The van der Waals surface area contributed by atoms with Gasteiger partial charge in [0.05, 0.1) is 0 Å². The maximum atomic E-state index is 3.66. The van der Waals surface area contributed by atoms with Gasteiger partial charge in [0.2, 0.25) is 0 Å². The lowest BCUT2D eigenvalue weighted by molar-refractivity contribution is 0.943. The molecule has 0 nitrogen and oxygen atoms in total. The summed E-state index contributed by atoms with van der Waals surface area (Å²) in [4.78, 5) is 1.45. The average molecular weight is 99.2 g/mol. The Bertz CT molecular complexity index is 74.0. The highest BCUT2D eigenvalue weighted by atomic mass is 32.2. The summed E-state index contributed by atoms with van der Waals surface area (Å²) in [5, 5.41) is 0. The van der Waals surface area contributed by atoms with Crippen LogP contribution in [0.25, 0.3) is 0 Å². The summed E-state index contributed by atoms with van der Waals surface area (Å²) in [5.74, 6) is 0. The second-order valence-electron chi connectivity index (χ2n) is 1.35. The minimum absolute atomic E-state index is 1.27. The molecule has 6 heavy (non-hydrogen) atoms. The summed E-state index contributed by atoms with van der Waals surface area (Å²) in [6.07, 6.45) is 8.42. The van der Waals surface area contributed by atoms with Gasteiger partial charge >= 0.3 is 0 Å². The van der Waals surface area contributed by atoms with E-state index in [-0.39, 0.29) is 0 Å². The summed E-state index contributed by atoms with van der Waals surface area (Å²) in [7, 11) is 0. The van der Waals surface area contributed by atoms with Crippen molar-refractivity contribution in [3.63, 3.8) is 0 Å². The van der Waals surface area contributed by atoms with E-state index in [9.17, 15) is 0 Å². The summed E-state index contributed by atoms with van der Waals surface area (Å²) in [6.45, 7) is 0. The predicted octanol–water partition coefficient (Wildman–Crippen LogP) is 2.19. The molecule has 0 fully saturated rings. The number of thioether (sulfide) groups is 1. The Morgan fingerprint density at radius 2 is 2.50 bits per heavy atom. The van der Waals surface area contributed by atoms with E-state index in [0.29, 0.717) is 0 Å². The zero-order valence-electron chi connectivity index (χ0n) is 3.61. The van der Waals surface area contributed by atoms with Gasteiger partial charge in [-0.3, -0.25) is 0 Å². The highest BCUT2D eigenvalue weighted by Gasteiger charge is 2.00. The minimum Gasteiger partial charge on any atom is -0.130 e. The van der Waals surface area contributed by atoms with Crippen molar-refractivity contribution in [3.05, 3.63) is 17.2 Å². The van der Waals surface area contributed by atoms with E-state index >= 15 is 0 Å². The van der Waals surface area contributed by atoms with Crippen LogP contribution < -0.4 is 0 Å². The van der Waals surface area contributed by atoms with E-state index in [2.05, 4.69) is 12.3 Å². The lowest BCUT2D eigenvalue weighted by Gasteiger charge is -2.08. The van der Waals surface area contributed by atoms with Crippen LogP contribution in [0.3, 0.4) is 0 Å². The smallest absolute Gasteiger partial charge is 0.00711 e. The third-order valence-corrected chi connectivity index (χ3v) is 1.69. The van der Waals surface area contributed by atoms with Crippen LogP contribution in [0.1, 0.15) is 12.8 Å². The quantitative estimate of drug-likeness (QED) is 0.485. The first-order chi connectivity index (χ1) is 2.93. The largest absolute Gasteiger partial charge is 0.130 e. The Labute approximate surface area is 42.6 Å². The number of rotatable bonds is 1. The zero-order valence-corrected chi connectivity index (χ0v) is 4.42. The van der Waals surface area contributed by atoms with E-state index in [1.165, 1.54) is 17.7 Å². The Balaban J connectivity index is 2.32. The Morgan fingerprint density at radius 3 is 2.50 bits per heavy atom. The van der Waals surface area contributed by atoms with Crippen LogP contribution in [0, 0.1) is 6.26 Å². The minimum atomic E-state index is 1.27. The molecule has 0 aromatic carbocycles. The molecule has 1 radical (unpaired) electrons. The van der Waals surface area contributed by atoms with Crippen molar-refractivity contribution in [2.24, 2.45) is 0 Å². The van der Waals surface area contributed by atoms with Crippen molar-refractivity contribution in [1.29, 1.82) is 0 Å². The predicted molar refractivity (Wildman–Crippen MR) is 30.3 cm³/mol. The maximum absolute atomic E-state index is 3.66. The molecule has 0 saturated carbocycles. The summed E-state index contributed by atoms with van der Waals surface area (Å²) >= 11 is 1.62. The fourth-order valence-corrected chi connectivity index (χ4v) is 0.891. The molecule has 0 aliphatic heterocycles. The van der Waals surface area contributed by atoms with Gasteiger partial charge in [-0.15, -0.1) is 11.8 Å². The first-order valence-electron chi connectivity index (χ1n) is 2.04. The van der Waals surface area contributed by atoms with Crippen molar-refractivity contribution in [2.75, 3.05) is 0 Å². The Morgan fingerprint density at radius 1 is 1.83 bits per heavy atom. The SMILES string of the molecule is [CH2]SC1=CCC1. The summed E-state index contributed by atoms with van der Waals surface area (Å²) in [5.41, 5.74) is 0. The average Bonchev–Trinajstić information content (AvgIpc) is 1.31. The van der Waals surface area contributed by atoms with E-state index in [1.54, 1.807) is 11.8 Å². The topological polar surface area (TPSA) is 0 Å². The van der Waals surface area contributed by atoms with Gasteiger partial charge < -0.3 is 0 Å². The van der Waals surface area contributed by atoms with Gasteiger partial charge in [-0.2, -0.15) is 0 Å². The van der Waals surface area contributed by atoms with Gasteiger partial charge in [0.15, 0.2) is 0 Å². The molecule has 1 aliphatic rings. The molecule has 0 bridgehead atoms.